The Morgan fingerprint density at radius 2 is 0.556 bits per heavy atom. The fourth-order valence-electron chi connectivity index (χ4n) is 3.58. The van der Waals surface area contributed by atoms with Gasteiger partial charge in [-0.2, -0.15) is 0 Å². The summed E-state index contributed by atoms with van der Waals surface area (Å²) in [6.45, 7) is 13.9. The molecule has 0 radical (unpaired) electrons. The Morgan fingerprint density at radius 3 is 0.756 bits per heavy atom. The Hall–Kier alpha value is -0.960. The molecule has 0 aromatic rings. The van der Waals surface area contributed by atoms with Crippen molar-refractivity contribution in [2.24, 2.45) is 5.92 Å². The van der Waals surface area contributed by atoms with E-state index in [4.69, 9.17) is 68.0 Å². The van der Waals surface area contributed by atoms with Crippen LogP contribution in [0, 0.1) is 18.3 Å². The van der Waals surface area contributed by atoms with Crippen LogP contribution in [0.1, 0.15) is 19.3 Å². The van der Waals surface area contributed by atoms with E-state index in [0.717, 1.165) is 12.5 Å². The monoisotopic (exact) mass is 652 g/mol. The summed E-state index contributed by atoms with van der Waals surface area (Å²) in [6.07, 6.45) is 9.06. The molecule has 13 nitrogen and oxygen atoms in total. The lowest BCUT2D eigenvalue weighted by Crippen LogP contribution is -2.19. The number of hydrogen-bond acceptors (Lipinski definition) is 13. The van der Waals surface area contributed by atoms with Gasteiger partial charge in [-0.25, -0.2) is 0 Å². The molecule has 13 heteroatoms. The predicted molar refractivity (Wildman–Crippen MR) is 167 cm³/mol. The largest absolute Gasteiger partial charge is 0.379 e. The van der Waals surface area contributed by atoms with Crippen LogP contribution >= 0.6 is 0 Å². The summed E-state index contributed by atoms with van der Waals surface area (Å²) in [7, 11) is 0. The highest BCUT2D eigenvalue weighted by atomic mass is 16.6. The second kappa shape index (κ2) is 37.5. The molecule has 1 aliphatic rings. The first-order valence-electron chi connectivity index (χ1n) is 16.4. The highest BCUT2D eigenvalue weighted by molar-refractivity contribution is 4.82. The van der Waals surface area contributed by atoms with Crippen LogP contribution in [0.15, 0.2) is 0 Å². The van der Waals surface area contributed by atoms with Crippen LogP contribution in [0.4, 0.5) is 0 Å². The van der Waals surface area contributed by atoms with Crippen LogP contribution in [0.25, 0.3) is 0 Å². The number of rotatable bonds is 39. The summed E-state index contributed by atoms with van der Waals surface area (Å²) in [4.78, 5) is 0. The smallest absolute Gasteiger partial charge is 0.107 e. The molecule has 0 aromatic carbocycles. The van der Waals surface area contributed by atoms with Gasteiger partial charge in [0, 0.05) is 6.61 Å². The van der Waals surface area contributed by atoms with Gasteiger partial charge < -0.3 is 61.6 Å². The third-order valence-corrected chi connectivity index (χ3v) is 6.23. The summed E-state index contributed by atoms with van der Waals surface area (Å²) in [6, 6.07) is 0. The number of hydrogen-bond donors (Lipinski definition) is 0. The molecule has 0 saturated heterocycles. The number of ether oxygens (including phenoxy) is 13. The quantitative estimate of drug-likeness (QED) is 0.0708. The van der Waals surface area contributed by atoms with Gasteiger partial charge in [-0.05, 0) is 18.8 Å². The van der Waals surface area contributed by atoms with E-state index in [-0.39, 0.29) is 0 Å². The van der Waals surface area contributed by atoms with Gasteiger partial charge in [-0.3, -0.25) is 0 Å². The molecule has 0 aliphatic heterocycles. The zero-order chi connectivity index (χ0) is 32.0. The van der Waals surface area contributed by atoms with Crippen molar-refractivity contribution in [2.75, 3.05) is 172 Å². The van der Waals surface area contributed by atoms with Crippen molar-refractivity contribution < 1.29 is 61.6 Å². The first-order valence-corrected chi connectivity index (χ1v) is 16.4. The second-order valence-electron chi connectivity index (χ2n) is 9.86. The minimum atomic E-state index is 0.308. The van der Waals surface area contributed by atoms with Gasteiger partial charge >= 0.3 is 0 Å². The maximum absolute atomic E-state index is 5.58. The molecule has 1 fully saturated rings. The van der Waals surface area contributed by atoms with Crippen molar-refractivity contribution in [3.05, 3.63) is 0 Å². The molecule has 45 heavy (non-hydrogen) atoms. The topological polar surface area (TPSA) is 120 Å². The molecule has 1 rings (SSSR count). The van der Waals surface area contributed by atoms with Gasteiger partial charge in [-0.1, -0.05) is 12.3 Å². The molecular formula is C32H60O13. The van der Waals surface area contributed by atoms with Crippen LogP contribution in [0.3, 0.4) is 0 Å². The van der Waals surface area contributed by atoms with Crippen molar-refractivity contribution in [2.45, 2.75) is 19.3 Å². The van der Waals surface area contributed by atoms with Crippen molar-refractivity contribution in [3.8, 4) is 12.3 Å². The van der Waals surface area contributed by atoms with Gasteiger partial charge in [0.25, 0.3) is 0 Å². The van der Waals surface area contributed by atoms with Gasteiger partial charge in [0.2, 0.25) is 0 Å². The summed E-state index contributed by atoms with van der Waals surface area (Å²) in [5.74, 6) is 3.18. The maximum Gasteiger partial charge on any atom is 0.107 e. The van der Waals surface area contributed by atoms with Gasteiger partial charge in [0.1, 0.15) is 6.61 Å². The standard InChI is InChI=1S/C32H60O13/c1-2-6-33-7-8-34-9-10-35-11-12-36-13-14-37-15-16-38-17-18-39-19-20-40-21-22-41-23-24-42-25-26-43-27-28-44-29-30-45-31-32-4-3-5-32/h1,32H,3-31H2. The summed E-state index contributed by atoms with van der Waals surface area (Å²) in [5, 5.41) is 0. The van der Waals surface area contributed by atoms with E-state index in [0.29, 0.717) is 165 Å². The first kappa shape index (κ1) is 42.1. The van der Waals surface area contributed by atoms with Crippen molar-refractivity contribution in [3.63, 3.8) is 0 Å². The van der Waals surface area contributed by atoms with E-state index >= 15 is 0 Å². The van der Waals surface area contributed by atoms with E-state index in [2.05, 4.69) is 5.92 Å². The highest BCUT2D eigenvalue weighted by Crippen LogP contribution is 2.26. The van der Waals surface area contributed by atoms with Crippen LogP contribution in [0.5, 0.6) is 0 Å². The lowest BCUT2D eigenvalue weighted by molar-refractivity contribution is -0.0294. The first-order chi connectivity index (χ1) is 22.4. The van der Waals surface area contributed by atoms with Gasteiger partial charge in [0.05, 0.1) is 159 Å². The van der Waals surface area contributed by atoms with Crippen molar-refractivity contribution >= 4 is 0 Å². The van der Waals surface area contributed by atoms with Crippen molar-refractivity contribution in [1.29, 1.82) is 0 Å². The summed E-state index contributed by atoms with van der Waals surface area (Å²) < 4.78 is 70.7. The fraction of sp³-hybridized carbons (Fsp3) is 0.938. The third kappa shape index (κ3) is 34.2. The van der Waals surface area contributed by atoms with E-state index in [1.54, 1.807) is 0 Å². The van der Waals surface area contributed by atoms with Crippen LogP contribution in [-0.4, -0.2) is 172 Å². The fourth-order valence-corrected chi connectivity index (χ4v) is 3.58. The van der Waals surface area contributed by atoms with Crippen LogP contribution < -0.4 is 0 Å². The zero-order valence-corrected chi connectivity index (χ0v) is 27.5. The molecule has 0 spiro atoms. The van der Waals surface area contributed by atoms with E-state index in [1.165, 1.54) is 19.3 Å². The van der Waals surface area contributed by atoms with Crippen LogP contribution in [-0.2, 0) is 61.6 Å². The Kier molecular flexibility index (Phi) is 35.0. The molecule has 1 saturated carbocycles. The van der Waals surface area contributed by atoms with E-state index < -0.39 is 0 Å². The number of terminal acetylenes is 1. The van der Waals surface area contributed by atoms with Gasteiger partial charge in [-0.15, -0.1) is 6.42 Å². The Bertz CT molecular complexity index is 604. The molecule has 0 amide bonds. The molecule has 0 aromatic heterocycles. The summed E-state index contributed by atoms with van der Waals surface area (Å²) in [5.41, 5.74) is 0. The Balaban J connectivity index is 1.58. The van der Waals surface area contributed by atoms with Crippen LogP contribution in [0.2, 0.25) is 0 Å². The second-order valence-corrected chi connectivity index (χ2v) is 9.86. The van der Waals surface area contributed by atoms with E-state index in [9.17, 15) is 0 Å². The molecule has 1 aliphatic carbocycles. The summed E-state index contributed by atoms with van der Waals surface area (Å²) >= 11 is 0. The SMILES string of the molecule is C#CCOCCOCCOCCOCCOCCOCCOCCOCCOCCOCCOCCOCCOCC1CCC1. The molecule has 266 valence electrons. The van der Waals surface area contributed by atoms with E-state index in [1.807, 2.05) is 0 Å². The zero-order valence-electron chi connectivity index (χ0n) is 27.5. The highest BCUT2D eigenvalue weighted by Gasteiger charge is 2.16. The molecule has 0 unspecified atom stereocenters. The van der Waals surface area contributed by atoms with Gasteiger partial charge in [0.15, 0.2) is 0 Å². The van der Waals surface area contributed by atoms with Crippen molar-refractivity contribution in [1.82, 2.24) is 0 Å². The third-order valence-electron chi connectivity index (χ3n) is 6.23. The average molecular weight is 653 g/mol. The Labute approximate surface area is 271 Å². The lowest BCUT2D eigenvalue weighted by Gasteiger charge is -2.24. The predicted octanol–water partition coefficient (Wildman–Crippen LogP) is 1.64. The molecule has 0 bridgehead atoms. The molecule has 0 N–H and O–H groups in total. The average Bonchev–Trinajstić information content (AvgIpc) is 3.03. The normalized spacial score (nSPS) is 13.3. The maximum atomic E-state index is 5.58. The Morgan fingerprint density at radius 1 is 0.333 bits per heavy atom. The molecular weight excluding hydrogens is 592 g/mol. The minimum absolute atomic E-state index is 0.308. The molecule has 0 atom stereocenters. The molecule has 0 heterocycles. The lowest BCUT2D eigenvalue weighted by atomic mass is 9.86. The minimum Gasteiger partial charge on any atom is -0.379 e.